The summed E-state index contributed by atoms with van der Waals surface area (Å²) in [6.45, 7) is 1.60. The van der Waals surface area contributed by atoms with Gasteiger partial charge < -0.3 is 9.64 Å². The van der Waals surface area contributed by atoms with Crippen molar-refractivity contribution >= 4 is 5.91 Å². The fourth-order valence-electron chi connectivity index (χ4n) is 2.78. The van der Waals surface area contributed by atoms with Gasteiger partial charge in [0.25, 0.3) is 5.91 Å². The van der Waals surface area contributed by atoms with Crippen LogP contribution in [-0.2, 0) is 18.3 Å². The number of pyridine rings is 1. The number of methoxy groups -OCH3 is 1. The number of carbonyl (C=O) groups is 1. The third-order valence-electron chi connectivity index (χ3n) is 3.68. The van der Waals surface area contributed by atoms with E-state index in [0.717, 1.165) is 11.4 Å². The van der Waals surface area contributed by atoms with Crippen LogP contribution in [0.5, 0.6) is 0 Å². The smallest absolute Gasteiger partial charge is 0.255 e. The van der Waals surface area contributed by atoms with Crippen LogP contribution in [0.2, 0.25) is 0 Å². The van der Waals surface area contributed by atoms with Crippen molar-refractivity contribution in [2.24, 2.45) is 7.05 Å². The van der Waals surface area contributed by atoms with E-state index in [4.69, 9.17) is 4.74 Å². The topological polar surface area (TPSA) is 73.1 Å². The van der Waals surface area contributed by atoms with Gasteiger partial charge in [-0.15, -0.1) is 5.10 Å². The van der Waals surface area contributed by atoms with E-state index in [0.29, 0.717) is 25.3 Å². The summed E-state index contributed by atoms with van der Waals surface area (Å²) in [6, 6.07) is 3.53. The molecule has 0 radical (unpaired) electrons. The predicted molar refractivity (Wildman–Crippen MR) is 74.6 cm³/mol. The van der Waals surface area contributed by atoms with Crippen molar-refractivity contribution in [3.8, 4) is 0 Å². The van der Waals surface area contributed by atoms with Crippen molar-refractivity contribution in [3.63, 3.8) is 0 Å². The number of hydrogen-bond donors (Lipinski definition) is 0. The molecule has 1 aliphatic heterocycles. The molecule has 3 rings (SSSR count). The molecule has 1 amide bonds. The molecule has 7 heteroatoms. The van der Waals surface area contributed by atoms with E-state index >= 15 is 0 Å². The fourth-order valence-corrected chi connectivity index (χ4v) is 2.78. The number of hydrogen-bond acceptors (Lipinski definition) is 5. The summed E-state index contributed by atoms with van der Waals surface area (Å²) < 4.78 is 7.05. The zero-order valence-corrected chi connectivity index (χ0v) is 12.1. The van der Waals surface area contributed by atoms with Gasteiger partial charge in [0.05, 0.1) is 24.4 Å². The van der Waals surface area contributed by atoms with Crippen LogP contribution in [0.25, 0.3) is 0 Å². The maximum atomic E-state index is 12.6. The van der Waals surface area contributed by atoms with Crippen LogP contribution in [0.1, 0.15) is 27.7 Å². The standard InChI is InChI=1S/C14H17N5O2/c1-18-13-11(9-21-2)7-19(8-12(13)16-17-18)14(20)10-4-3-5-15-6-10/h3-6,11H,7-9H2,1-2H3/t11-/m1/s1. The molecule has 110 valence electrons. The molecule has 2 aromatic heterocycles. The summed E-state index contributed by atoms with van der Waals surface area (Å²) in [7, 11) is 3.53. The van der Waals surface area contributed by atoms with Crippen LogP contribution in [0.4, 0.5) is 0 Å². The fraction of sp³-hybridized carbons (Fsp3) is 0.429. The Hall–Kier alpha value is -2.28. The highest BCUT2D eigenvalue weighted by atomic mass is 16.5. The lowest BCUT2D eigenvalue weighted by Gasteiger charge is -2.31. The summed E-state index contributed by atoms with van der Waals surface area (Å²) in [5.74, 6) is 0.0416. The number of amides is 1. The normalized spacial score (nSPS) is 17.6. The van der Waals surface area contributed by atoms with Crippen molar-refractivity contribution in [2.45, 2.75) is 12.5 Å². The quantitative estimate of drug-likeness (QED) is 0.826. The van der Waals surface area contributed by atoms with Crippen LogP contribution in [0, 0.1) is 0 Å². The summed E-state index contributed by atoms with van der Waals surface area (Å²) in [6.07, 6.45) is 3.24. The third kappa shape index (κ3) is 2.52. The molecule has 0 fully saturated rings. The Labute approximate surface area is 122 Å². The Bertz CT molecular complexity index is 640. The molecule has 0 bridgehead atoms. The molecule has 2 aromatic rings. The monoisotopic (exact) mass is 287 g/mol. The van der Waals surface area contributed by atoms with Gasteiger partial charge >= 0.3 is 0 Å². The van der Waals surface area contributed by atoms with Gasteiger partial charge in [0.15, 0.2) is 0 Å². The van der Waals surface area contributed by atoms with Crippen molar-refractivity contribution in [2.75, 3.05) is 20.3 Å². The first-order chi connectivity index (χ1) is 10.2. The minimum Gasteiger partial charge on any atom is -0.384 e. The molecule has 0 unspecified atom stereocenters. The molecule has 0 saturated carbocycles. The van der Waals surface area contributed by atoms with Gasteiger partial charge in [0.1, 0.15) is 5.69 Å². The Morgan fingerprint density at radius 3 is 3.10 bits per heavy atom. The van der Waals surface area contributed by atoms with Crippen LogP contribution in [-0.4, -0.2) is 51.0 Å². The van der Waals surface area contributed by atoms with E-state index in [2.05, 4.69) is 15.3 Å². The van der Waals surface area contributed by atoms with Gasteiger partial charge in [-0.05, 0) is 12.1 Å². The average Bonchev–Trinajstić information content (AvgIpc) is 2.89. The highest BCUT2D eigenvalue weighted by Crippen LogP contribution is 2.27. The zero-order chi connectivity index (χ0) is 14.8. The SMILES string of the molecule is COC[C@H]1CN(C(=O)c2cccnc2)Cc2nnn(C)c21. The molecular formula is C14H17N5O2. The van der Waals surface area contributed by atoms with Crippen molar-refractivity contribution < 1.29 is 9.53 Å². The van der Waals surface area contributed by atoms with E-state index in [-0.39, 0.29) is 11.8 Å². The number of fused-ring (bicyclic) bond motifs is 1. The molecule has 1 atom stereocenters. The highest BCUT2D eigenvalue weighted by molar-refractivity contribution is 5.94. The zero-order valence-electron chi connectivity index (χ0n) is 12.1. The molecule has 0 aliphatic carbocycles. The number of carbonyl (C=O) groups excluding carboxylic acids is 1. The van der Waals surface area contributed by atoms with Crippen molar-refractivity contribution in [3.05, 3.63) is 41.5 Å². The van der Waals surface area contributed by atoms with Gasteiger partial charge in [-0.3, -0.25) is 14.5 Å². The van der Waals surface area contributed by atoms with Gasteiger partial charge in [-0.1, -0.05) is 5.21 Å². The lowest BCUT2D eigenvalue weighted by Crippen LogP contribution is -2.40. The van der Waals surface area contributed by atoms with Crippen LogP contribution >= 0.6 is 0 Å². The van der Waals surface area contributed by atoms with E-state index in [1.165, 1.54) is 0 Å². The number of aryl methyl sites for hydroxylation is 1. The Kier molecular flexibility index (Phi) is 3.66. The summed E-state index contributed by atoms with van der Waals surface area (Å²) in [5, 5.41) is 8.22. The largest absolute Gasteiger partial charge is 0.384 e. The molecule has 1 aliphatic rings. The van der Waals surface area contributed by atoms with Crippen molar-refractivity contribution in [1.82, 2.24) is 24.9 Å². The summed E-state index contributed by atoms with van der Waals surface area (Å²) >= 11 is 0. The molecule has 0 spiro atoms. The first-order valence-electron chi connectivity index (χ1n) is 6.77. The lowest BCUT2D eigenvalue weighted by molar-refractivity contribution is 0.0672. The van der Waals surface area contributed by atoms with Gasteiger partial charge in [-0.25, -0.2) is 0 Å². The summed E-state index contributed by atoms with van der Waals surface area (Å²) in [4.78, 5) is 18.3. The highest BCUT2D eigenvalue weighted by Gasteiger charge is 2.32. The Morgan fingerprint density at radius 2 is 2.38 bits per heavy atom. The predicted octanol–water partition coefficient (Wildman–Crippen LogP) is 0.596. The van der Waals surface area contributed by atoms with Crippen molar-refractivity contribution in [1.29, 1.82) is 0 Å². The Morgan fingerprint density at radius 1 is 1.52 bits per heavy atom. The van der Waals surface area contributed by atoms with Crippen LogP contribution in [0.15, 0.2) is 24.5 Å². The number of nitrogens with zero attached hydrogens (tertiary/aromatic N) is 5. The van der Waals surface area contributed by atoms with Crippen LogP contribution < -0.4 is 0 Å². The first-order valence-corrected chi connectivity index (χ1v) is 6.77. The second kappa shape index (κ2) is 5.61. The lowest BCUT2D eigenvalue weighted by atomic mass is 9.98. The van der Waals surface area contributed by atoms with E-state index in [1.54, 1.807) is 41.2 Å². The number of aromatic nitrogens is 4. The maximum Gasteiger partial charge on any atom is 0.255 e. The number of rotatable bonds is 3. The third-order valence-corrected chi connectivity index (χ3v) is 3.68. The minimum absolute atomic E-state index is 0.0412. The molecule has 3 heterocycles. The molecule has 0 N–H and O–H groups in total. The second-order valence-electron chi connectivity index (χ2n) is 5.12. The molecule has 0 saturated heterocycles. The Balaban J connectivity index is 1.88. The summed E-state index contributed by atoms with van der Waals surface area (Å²) in [5.41, 5.74) is 2.47. The molecular weight excluding hydrogens is 270 g/mol. The van der Waals surface area contributed by atoms with E-state index in [1.807, 2.05) is 7.05 Å². The van der Waals surface area contributed by atoms with Crippen LogP contribution in [0.3, 0.4) is 0 Å². The van der Waals surface area contributed by atoms with Gasteiger partial charge in [0, 0.05) is 39.0 Å². The average molecular weight is 287 g/mol. The molecule has 0 aromatic carbocycles. The van der Waals surface area contributed by atoms with Gasteiger partial charge in [-0.2, -0.15) is 0 Å². The van der Waals surface area contributed by atoms with E-state index < -0.39 is 0 Å². The van der Waals surface area contributed by atoms with E-state index in [9.17, 15) is 4.79 Å². The minimum atomic E-state index is -0.0412. The second-order valence-corrected chi connectivity index (χ2v) is 5.12. The molecule has 21 heavy (non-hydrogen) atoms. The molecule has 7 nitrogen and oxygen atoms in total. The number of ether oxygens (including phenoxy) is 1. The van der Waals surface area contributed by atoms with Gasteiger partial charge in [0.2, 0.25) is 0 Å². The maximum absolute atomic E-state index is 12.6. The first kappa shape index (κ1) is 13.7.